The summed E-state index contributed by atoms with van der Waals surface area (Å²) in [6.45, 7) is 1.67. The first-order chi connectivity index (χ1) is 10.3. The maximum atomic E-state index is 12.3. The summed E-state index contributed by atoms with van der Waals surface area (Å²) in [7, 11) is -3.80. The van der Waals surface area contributed by atoms with Crippen LogP contribution in [0.15, 0.2) is 53.4 Å². The number of sulfonamides is 1. The number of hydrogen-bond donors (Lipinski definition) is 1. The fraction of sp³-hybridized carbons (Fsp3) is 0.143. The van der Waals surface area contributed by atoms with Crippen LogP contribution in [0, 0.1) is 10.1 Å². The minimum absolute atomic E-state index is 0.0444. The van der Waals surface area contributed by atoms with Gasteiger partial charge in [0, 0.05) is 23.2 Å². The van der Waals surface area contributed by atoms with Crippen LogP contribution in [0.5, 0.6) is 0 Å². The number of nitrogens with one attached hydrogen (secondary N) is 1. The first kappa shape index (κ1) is 16.4. The van der Waals surface area contributed by atoms with Crippen molar-refractivity contribution in [2.24, 2.45) is 0 Å². The molecule has 0 unspecified atom stereocenters. The fourth-order valence-electron chi connectivity index (χ4n) is 1.94. The molecule has 0 heterocycles. The van der Waals surface area contributed by atoms with Gasteiger partial charge >= 0.3 is 0 Å². The largest absolute Gasteiger partial charge is 0.269 e. The molecular formula is C14H13ClN2O4S. The normalized spacial score (nSPS) is 12.8. The van der Waals surface area contributed by atoms with Crippen molar-refractivity contribution in [3.8, 4) is 0 Å². The maximum Gasteiger partial charge on any atom is 0.269 e. The molecule has 0 aromatic heterocycles. The molecule has 0 aliphatic carbocycles. The van der Waals surface area contributed by atoms with Gasteiger partial charge in [0.05, 0.1) is 9.82 Å². The molecule has 0 saturated carbocycles. The van der Waals surface area contributed by atoms with Crippen molar-refractivity contribution in [3.63, 3.8) is 0 Å². The van der Waals surface area contributed by atoms with E-state index in [0.29, 0.717) is 10.6 Å². The molecule has 22 heavy (non-hydrogen) atoms. The lowest BCUT2D eigenvalue weighted by molar-refractivity contribution is -0.384. The molecule has 0 spiro atoms. The molecule has 2 rings (SSSR count). The van der Waals surface area contributed by atoms with Crippen LogP contribution in [0.2, 0.25) is 5.02 Å². The molecule has 2 aromatic carbocycles. The second-order valence-electron chi connectivity index (χ2n) is 4.62. The average Bonchev–Trinajstić information content (AvgIpc) is 2.47. The lowest BCUT2D eigenvalue weighted by Gasteiger charge is -2.15. The fourth-order valence-corrected chi connectivity index (χ4v) is 3.46. The van der Waals surface area contributed by atoms with Crippen molar-refractivity contribution >= 4 is 27.3 Å². The number of halogens is 1. The van der Waals surface area contributed by atoms with E-state index in [2.05, 4.69) is 4.72 Å². The van der Waals surface area contributed by atoms with E-state index in [1.165, 1.54) is 12.1 Å². The molecule has 0 fully saturated rings. The number of non-ortho nitro benzene ring substituents is 1. The van der Waals surface area contributed by atoms with Crippen molar-refractivity contribution in [2.75, 3.05) is 0 Å². The van der Waals surface area contributed by atoms with Gasteiger partial charge in [-0.1, -0.05) is 29.8 Å². The molecule has 0 bridgehead atoms. The first-order valence-corrected chi connectivity index (χ1v) is 8.18. The van der Waals surface area contributed by atoms with E-state index in [1.807, 2.05) is 0 Å². The van der Waals surface area contributed by atoms with Crippen LogP contribution < -0.4 is 4.72 Å². The zero-order valence-corrected chi connectivity index (χ0v) is 13.1. The van der Waals surface area contributed by atoms with Gasteiger partial charge in [0.2, 0.25) is 10.0 Å². The third-order valence-corrected chi connectivity index (χ3v) is 4.96. The number of rotatable bonds is 5. The van der Waals surface area contributed by atoms with E-state index in [4.69, 9.17) is 11.6 Å². The summed E-state index contributed by atoms with van der Waals surface area (Å²) < 4.78 is 27.1. The summed E-state index contributed by atoms with van der Waals surface area (Å²) in [4.78, 5) is 9.96. The molecule has 8 heteroatoms. The van der Waals surface area contributed by atoms with Crippen LogP contribution in [-0.4, -0.2) is 13.3 Å². The van der Waals surface area contributed by atoms with Crippen molar-refractivity contribution in [2.45, 2.75) is 17.9 Å². The van der Waals surface area contributed by atoms with Gasteiger partial charge in [0.25, 0.3) is 5.69 Å². The predicted octanol–water partition coefficient (Wildman–Crippen LogP) is 3.29. The summed E-state index contributed by atoms with van der Waals surface area (Å²) in [5, 5.41) is 11.0. The van der Waals surface area contributed by atoms with Crippen LogP contribution in [0.3, 0.4) is 0 Å². The Labute approximate surface area is 132 Å². The Kier molecular flexibility index (Phi) is 4.80. The zero-order valence-electron chi connectivity index (χ0n) is 11.6. The summed E-state index contributed by atoms with van der Waals surface area (Å²) in [6.07, 6.45) is 0. The number of nitrogens with zero attached hydrogens (tertiary/aromatic N) is 1. The topological polar surface area (TPSA) is 89.3 Å². The van der Waals surface area contributed by atoms with Gasteiger partial charge in [-0.2, -0.15) is 0 Å². The summed E-state index contributed by atoms with van der Waals surface area (Å²) >= 11 is 6.04. The van der Waals surface area contributed by atoms with E-state index in [0.717, 1.165) is 12.1 Å². The van der Waals surface area contributed by atoms with Crippen LogP contribution in [0.1, 0.15) is 18.5 Å². The van der Waals surface area contributed by atoms with Crippen LogP contribution >= 0.6 is 11.6 Å². The lowest BCUT2D eigenvalue weighted by Crippen LogP contribution is -2.27. The highest BCUT2D eigenvalue weighted by molar-refractivity contribution is 7.89. The second-order valence-corrected chi connectivity index (χ2v) is 6.74. The van der Waals surface area contributed by atoms with Gasteiger partial charge < -0.3 is 0 Å². The Morgan fingerprint density at radius 1 is 1.14 bits per heavy atom. The zero-order chi connectivity index (χ0) is 16.3. The third-order valence-electron chi connectivity index (χ3n) is 3.06. The summed E-state index contributed by atoms with van der Waals surface area (Å²) in [5.41, 5.74) is 0.479. The van der Waals surface area contributed by atoms with Crippen molar-refractivity contribution in [1.82, 2.24) is 4.72 Å². The van der Waals surface area contributed by atoms with Gasteiger partial charge in [-0.05, 0) is 30.7 Å². The van der Waals surface area contributed by atoms with Gasteiger partial charge in [-0.3, -0.25) is 10.1 Å². The average molecular weight is 341 g/mol. The molecule has 0 aliphatic rings. The van der Waals surface area contributed by atoms with E-state index in [-0.39, 0.29) is 10.6 Å². The molecule has 116 valence electrons. The Morgan fingerprint density at radius 2 is 1.73 bits per heavy atom. The molecule has 0 aliphatic heterocycles. The Hall–Kier alpha value is -1.96. The van der Waals surface area contributed by atoms with Crippen molar-refractivity contribution in [3.05, 3.63) is 69.2 Å². The first-order valence-electron chi connectivity index (χ1n) is 6.32. The molecule has 1 atom stereocenters. The van der Waals surface area contributed by atoms with Crippen molar-refractivity contribution in [1.29, 1.82) is 0 Å². The van der Waals surface area contributed by atoms with Crippen molar-refractivity contribution < 1.29 is 13.3 Å². The maximum absolute atomic E-state index is 12.3. The van der Waals surface area contributed by atoms with E-state index >= 15 is 0 Å². The van der Waals surface area contributed by atoms with Gasteiger partial charge in [-0.25, -0.2) is 13.1 Å². The van der Waals surface area contributed by atoms with Crippen LogP contribution in [-0.2, 0) is 10.0 Å². The summed E-state index contributed by atoms with van der Waals surface area (Å²) in [6, 6.07) is 11.1. The highest BCUT2D eigenvalue weighted by Crippen LogP contribution is 2.24. The molecular weight excluding hydrogens is 328 g/mol. The van der Waals surface area contributed by atoms with E-state index in [9.17, 15) is 18.5 Å². The predicted molar refractivity (Wildman–Crippen MR) is 83.3 cm³/mol. The Bertz CT molecular complexity index is 791. The van der Waals surface area contributed by atoms with Gasteiger partial charge in [0.1, 0.15) is 0 Å². The van der Waals surface area contributed by atoms with Crippen LogP contribution in [0.25, 0.3) is 0 Å². The molecule has 6 nitrogen and oxygen atoms in total. The monoisotopic (exact) mass is 340 g/mol. The number of benzene rings is 2. The second kappa shape index (κ2) is 6.43. The minimum atomic E-state index is -3.80. The number of hydrogen-bond acceptors (Lipinski definition) is 4. The molecule has 0 saturated heterocycles. The molecule has 2 aromatic rings. The minimum Gasteiger partial charge on any atom is -0.258 e. The summed E-state index contributed by atoms with van der Waals surface area (Å²) in [5.74, 6) is 0. The number of nitro benzene ring substituents is 1. The SMILES string of the molecule is C[C@@H](NS(=O)(=O)c1ccc([N+](=O)[O-])cc1)c1ccccc1Cl. The standard InChI is InChI=1S/C14H13ClN2O4S/c1-10(13-4-2-3-5-14(13)15)16-22(20,21)12-8-6-11(7-9-12)17(18)19/h2-10,16H,1H3/t10-/m1/s1. The van der Waals surface area contributed by atoms with E-state index < -0.39 is 21.0 Å². The molecule has 0 radical (unpaired) electrons. The quantitative estimate of drug-likeness (QED) is 0.668. The molecule has 1 N–H and O–H groups in total. The molecule has 0 amide bonds. The lowest BCUT2D eigenvalue weighted by atomic mass is 10.1. The van der Waals surface area contributed by atoms with Crippen LogP contribution in [0.4, 0.5) is 5.69 Å². The Morgan fingerprint density at radius 3 is 2.27 bits per heavy atom. The smallest absolute Gasteiger partial charge is 0.258 e. The Balaban J connectivity index is 2.24. The third kappa shape index (κ3) is 3.62. The number of nitro groups is 1. The highest BCUT2D eigenvalue weighted by atomic mass is 35.5. The van der Waals surface area contributed by atoms with Gasteiger partial charge in [-0.15, -0.1) is 0 Å². The van der Waals surface area contributed by atoms with Gasteiger partial charge in [0.15, 0.2) is 0 Å². The van der Waals surface area contributed by atoms with E-state index in [1.54, 1.807) is 31.2 Å². The highest BCUT2D eigenvalue weighted by Gasteiger charge is 2.20.